The van der Waals surface area contributed by atoms with Crippen molar-refractivity contribution < 1.29 is 13.2 Å². The minimum Gasteiger partial charge on any atom is -0.329 e. The van der Waals surface area contributed by atoms with Crippen LogP contribution in [0.4, 0.5) is 0 Å². The second-order valence-corrected chi connectivity index (χ2v) is 8.78. The summed E-state index contributed by atoms with van der Waals surface area (Å²) in [7, 11) is -2.06. The van der Waals surface area contributed by atoms with Crippen LogP contribution in [0, 0.1) is 0 Å². The van der Waals surface area contributed by atoms with E-state index in [4.69, 9.17) is 4.98 Å². The highest BCUT2D eigenvalue weighted by atomic mass is 32.2. The predicted octanol–water partition coefficient (Wildman–Crippen LogP) is 3.84. The topological polar surface area (TPSA) is 81.1 Å². The number of nitrogens with zero attached hydrogens (tertiary/aromatic N) is 2. The summed E-state index contributed by atoms with van der Waals surface area (Å²) in [4.78, 5) is 16.4. The van der Waals surface area contributed by atoms with Crippen LogP contribution in [0.3, 0.4) is 0 Å². The third-order valence-corrected chi connectivity index (χ3v) is 6.46. The number of benzene rings is 3. The van der Waals surface area contributed by atoms with Crippen molar-refractivity contribution >= 4 is 26.8 Å². The zero-order chi connectivity index (χ0) is 21.3. The van der Waals surface area contributed by atoms with Crippen molar-refractivity contribution in [2.45, 2.75) is 17.9 Å². The Morgan fingerprint density at radius 2 is 1.67 bits per heavy atom. The van der Waals surface area contributed by atoms with E-state index in [0.29, 0.717) is 11.4 Å². The molecular weight excluding hydrogens is 398 g/mol. The van der Waals surface area contributed by atoms with Crippen molar-refractivity contribution in [3.63, 3.8) is 0 Å². The van der Waals surface area contributed by atoms with Crippen LogP contribution in [-0.2, 0) is 17.1 Å². The largest absolute Gasteiger partial charge is 0.329 e. The molecule has 152 valence electrons. The number of sulfonamides is 1. The summed E-state index contributed by atoms with van der Waals surface area (Å²) < 4.78 is 31.1. The Morgan fingerprint density at radius 1 is 0.967 bits per heavy atom. The summed E-state index contributed by atoms with van der Waals surface area (Å²) in [6.45, 7) is 1.41. The molecule has 0 aliphatic heterocycles. The number of carbonyl (C=O) groups is 1. The van der Waals surface area contributed by atoms with Crippen molar-refractivity contribution in [3.05, 3.63) is 95.8 Å². The number of para-hydroxylation sites is 2. The average molecular weight is 420 g/mol. The molecule has 0 saturated heterocycles. The number of rotatable bonds is 6. The molecule has 4 aromatic rings. The lowest BCUT2D eigenvalue weighted by molar-refractivity contribution is 0.101. The van der Waals surface area contributed by atoms with Gasteiger partial charge in [0.1, 0.15) is 11.9 Å². The third-order valence-electron chi connectivity index (χ3n) is 5.04. The molecule has 1 atom stereocenters. The van der Waals surface area contributed by atoms with E-state index in [1.165, 1.54) is 19.1 Å². The Morgan fingerprint density at radius 3 is 2.37 bits per heavy atom. The maximum absolute atomic E-state index is 13.2. The molecule has 0 bridgehead atoms. The van der Waals surface area contributed by atoms with Gasteiger partial charge < -0.3 is 4.57 Å². The third kappa shape index (κ3) is 3.77. The Kier molecular flexibility index (Phi) is 5.24. The molecule has 0 aliphatic rings. The van der Waals surface area contributed by atoms with E-state index in [-0.39, 0.29) is 10.7 Å². The van der Waals surface area contributed by atoms with E-state index in [0.717, 1.165) is 16.6 Å². The zero-order valence-electron chi connectivity index (χ0n) is 16.6. The van der Waals surface area contributed by atoms with Crippen LogP contribution in [0.2, 0.25) is 0 Å². The number of Topliss-reactive ketones (excluding diaryl/α,β-unsaturated/α-hetero) is 1. The van der Waals surface area contributed by atoms with Crippen molar-refractivity contribution in [2.24, 2.45) is 7.05 Å². The molecule has 1 N–H and O–H groups in total. The molecule has 0 radical (unpaired) electrons. The van der Waals surface area contributed by atoms with E-state index >= 15 is 0 Å². The molecular formula is C23H21N3O3S. The number of carbonyl (C=O) groups excluding carboxylic acids is 1. The van der Waals surface area contributed by atoms with Gasteiger partial charge in [-0.3, -0.25) is 4.79 Å². The first-order valence-corrected chi connectivity index (χ1v) is 10.9. The van der Waals surface area contributed by atoms with Gasteiger partial charge in [0, 0.05) is 12.6 Å². The van der Waals surface area contributed by atoms with Crippen LogP contribution in [-0.4, -0.2) is 23.8 Å². The lowest BCUT2D eigenvalue weighted by atomic mass is 10.1. The van der Waals surface area contributed by atoms with Crippen LogP contribution in [0.5, 0.6) is 0 Å². The number of aryl methyl sites for hydroxylation is 1. The second-order valence-electron chi connectivity index (χ2n) is 7.07. The molecule has 0 fully saturated rings. The Balaban J connectivity index is 1.82. The summed E-state index contributed by atoms with van der Waals surface area (Å²) in [5.74, 6) is 0.385. The van der Waals surface area contributed by atoms with Crippen molar-refractivity contribution in [1.82, 2.24) is 14.3 Å². The van der Waals surface area contributed by atoms with Gasteiger partial charge in [-0.15, -0.1) is 0 Å². The Hall–Kier alpha value is -3.29. The van der Waals surface area contributed by atoms with Crippen molar-refractivity contribution in [1.29, 1.82) is 0 Å². The van der Waals surface area contributed by atoms with E-state index in [9.17, 15) is 13.2 Å². The van der Waals surface area contributed by atoms with Gasteiger partial charge in [-0.05, 0) is 36.8 Å². The summed E-state index contributed by atoms with van der Waals surface area (Å²) in [6, 6.07) is 22.3. The highest BCUT2D eigenvalue weighted by Crippen LogP contribution is 2.27. The van der Waals surface area contributed by atoms with Gasteiger partial charge in [-0.2, -0.15) is 4.72 Å². The van der Waals surface area contributed by atoms with Crippen molar-refractivity contribution in [3.8, 4) is 0 Å². The monoisotopic (exact) mass is 419 g/mol. The molecule has 0 aliphatic carbocycles. The first kappa shape index (κ1) is 20.0. The molecule has 1 heterocycles. The maximum Gasteiger partial charge on any atom is 0.241 e. The minimum atomic E-state index is -3.92. The number of aromatic nitrogens is 2. The summed E-state index contributed by atoms with van der Waals surface area (Å²) in [5.41, 5.74) is 2.80. The van der Waals surface area contributed by atoms with Gasteiger partial charge in [0.2, 0.25) is 10.0 Å². The standard InChI is InChI=1S/C23H21N3O3S/c1-16(27)18-11-8-12-19(15-18)30(28,29)25-22(17-9-4-3-5-10-17)23-24-20-13-6-7-14-21(20)26(23)2/h3-15,22,25H,1-2H3/t22-/m1/s1. The number of ketones is 1. The summed E-state index contributed by atoms with van der Waals surface area (Å²) >= 11 is 0. The number of hydrogen-bond acceptors (Lipinski definition) is 4. The van der Waals surface area contributed by atoms with Gasteiger partial charge in [-0.25, -0.2) is 13.4 Å². The van der Waals surface area contributed by atoms with E-state index in [1.807, 2.05) is 66.2 Å². The van der Waals surface area contributed by atoms with E-state index in [1.54, 1.807) is 12.1 Å². The van der Waals surface area contributed by atoms with Gasteiger partial charge in [-0.1, -0.05) is 54.6 Å². The zero-order valence-corrected chi connectivity index (χ0v) is 17.4. The Bertz CT molecular complexity index is 1330. The lowest BCUT2D eigenvalue weighted by Gasteiger charge is -2.19. The molecule has 0 amide bonds. The van der Waals surface area contributed by atoms with E-state index < -0.39 is 16.1 Å². The molecule has 1 aromatic heterocycles. The SMILES string of the molecule is CC(=O)c1cccc(S(=O)(=O)N[C@H](c2ccccc2)c2nc3ccccc3n2C)c1. The van der Waals surface area contributed by atoms with Gasteiger partial charge in [0.05, 0.1) is 15.9 Å². The van der Waals surface area contributed by atoms with Crippen LogP contribution in [0.1, 0.15) is 34.7 Å². The summed E-state index contributed by atoms with van der Waals surface area (Å²) in [6.07, 6.45) is 0. The molecule has 4 rings (SSSR count). The minimum absolute atomic E-state index is 0.0369. The fourth-order valence-corrected chi connectivity index (χ4v) is 4.67. The van der Waals surface area contributed by atoms with Gasteiger partial charge >= 0.3 is 0 Å². The normalized spacial score (nSPS) is 12.7. The number of fused-ring (bicyclic) bond motifs is 1. The second kappa shape index (κ2) is 7.85. The highest BCUT2D eigenvalue weighted by molar-refractivity contribution is 7.89. The quantitative estimate of drug-likeness (QED) is 0.482. The van der Waals surface area contributed by atoms with Crippen LogP contribution < -0.4 is 4.72 Å². The molecule has 30 heavy (non-hydrogen) atoms. The van der Waals surface area contributed by atoms with Gasteiger partial charge in [0.25, 0.3) is 0 Å². The van der Waals surface area contributed by atoms with Crippen LogP contribution >= 0.6 is 0 Å². The molecule has 0 saturated carbocycles. The van der Waals surface area contributed by atoms with Crippen LogP contribution in [0.25, 0.3) is 11.0 Å². The fourth-order valence-electron chi connectivity index (χ4n) is 3.44. The molecule has 7 heteroatoms. The maximum atomic E-state index is 13.2. The first-order valence-electron chi connectivity index (χ1n) is 9.46. The molecule has 0 unspecified atom stereocenters. The Labute approximate surface area is 175 Å². The van der Waals surface area contributed by atoms with Crippen LogP contribution in [0.15, 0.2) is 83.8 Å². The average Bonchev–Trinajstić information content (AvgIpc) is 3.09. The number of nitrogens with one attached hydrogen (secondary N) is 1. The molecule has 0 spiro atoms. The highest BCUT2D eigenvalue weighted by Gasteiger charge is 2.27. The van der Waals surface area contributed by atoms with E-state index in [2.05, 4.69) is 4.72 Å². The first-order chi connectivity index (χ1) is 14.4. The predicted molar refractivity (Wildman–Crippen MR) is 116 cm³/mol. The van der Waals surface area contributed by atoms with Crippen molar-refractivity contribution in [2.75, 3.05) is 0 Å². The smallest absolute Gasteiger partial charge is 0.241 e. The molecule has 6 nitrogen and oxygen atoms in total. The number of hydrogen-bond donors (Lipinski definition) is 1. The number of imidazole rings is 1. The fraction of sp³-hybridized carbons (Fsp3) is 0.130. The molecule has 3 aromatic carbocycles. The van der Waals surface area contributed by atoms with Gasteiger partial charge in [0.15, 0.2) is 5.78 Å². The summed E-state index contributed by atoms with van der Waals surface area (Å²) in [5, 5.41) is 0. The lowest BCUT2D eigenvalue weighted by Crippen LogP contribution is -2.31.